The molecule has 0 spiro atoms. The molecule has 1 aromatic carbocycles. The second-order valence-electron chi connectivity index (χ2n) is 6.52. The van der Waals surface area contributed by atoms with E-state index in [2.05, 4.69) is 10.3 Å². The van der Waals surface area contributed by atoms with Crippen molar-refractivity contribution in [1.82, 2.24) is 19.9 Å². The third-order valence-corrected chi connectivity index (χ3v) is 5.14. The molecule has 3 heterocycles. The lowest BCUT2D eigenvalue weighted by Gasteiger charge is -2.34. The maximum absolute atomic E-state index is 13.1. The Hall–Kier alpha value is -2.12. The van der Waals surface area contributed by atoms with Crippen molar-refractivity contribution < 1.29 is 9.53 Å². The summed E-state index contributed by atoms with van der Waals surface area (Å²) in [5.74, 6) is 0.549. The minimum Gasteiger partial charge on any atom is -0.492 e. The van der Waals surface area contributed by atoms with E-state index in [9.17, 15) is 4.79 Å². The van der Waals surface area contributed by atoms with Crippen LogP contribution in [0.5, 0.6) is 5.75 Å². The topological polar surface area (TPSA) is 86.3 Å². The Bertz CT molecular complexity index is 793. The van der Waals surface area contributed by atoms with Crippen LogP contribution in [0.25, 0.3) is 0 Å². The van der Waals surface area contributed by atoms with Crippen LogP contribution in [0.2, 0.25) is 5.02 Å². The maximum Gasteiger partial charge on any atom is 0.233 e. The molecule has 2 aliphatic rings. The highest BCUT2D eigenvalue weighted by Gasteiger charge is 2.36. The molecule has 2 aliphatic heterocycles. The number of carbonyl (C=O) groups is 1. The number of piperidine rings is 1. The van der Waals surface area contributed by atoms with Crippen LogP contribution < -0.4 is 10.5 Å². The Morgan fingerprint density at radius 3 is 3.12 bits per heavy atom. The van der Waals surface area contributed by atoms with E-state index in [0.29, 0.717) is 24.7 Å². The minimum atomic E-state index is -0.289. The Morgan fingerprint density at radius 1 is 1.44 bits per heavy atom. The van der Waals surface area contributed by atoms with Gasteiger partial charge in [-0.25, -0.2) is 4.68 Å². The third kappa shape index (κ3) is 3.09. The normalized spacial score (nSPS) is 22.6. The van der Waals surface area contributed by atoms with Gasteiger partial charge in [-0.05, 0) is 31.0 Å². The first-order valence-corrected chi connectivity index (χ1v) is 8.85. The van der Waals surface area contributed by atoms with Gasteiger partial charge in [0.1, 0.15) is 18.3 Å². The van der Waals surface area contributed by atoms with Crippen molar-refractivity contribution >= 4 is 17.5 Å². The number of aromatic nitrogens is 3. The zero-order chi connectivity index (χ0) is 17.4. The average Bonchev–Trinajstić information content (AvgIpc) is 3.28. The number of ether oxygens (including phenoxy) is 1. The van der Waals surface area contributed by atoms with Gasteiger partial charge in [0, 0.05) is 30.2 Å². The first-order chi connectivity index (χ1) is 12.2. The first-order valence-electron chi connectivity index (χ1n) is 8.47. The molecule has 1 saturated heterocycles. The number of hydrogen-bond donors (Lipinski definition) is 1. The van der Waals surface area contributed by atoms with Crippen molar-refractivity contribution in [2.45, 2.75) is 31.3 Å². The number of benzene rings is 1. The Kier molecular flexibility index (Phi) is 4.35. The summed E-state index contributed by atoms with van der Waals surface area (Å²) in [6, 6.07) is 5.57. The average molecular weight is 362 g/mol. The number of fused-ring (bicyclic) bond motifs is 1. The van der Waals surface area contributed by atoms with Crippen molar-refractivity contribution in [3.8, 4) is 5.75 Å². The molecule has 0 aliphatic carbocycles. The number of nitrogens with two attached hydrogens (primary N) is 1. The molecule has 0 radical (unpaired) electrons. The molecule has 8 heteroatoms. The zero-order valence-corrected chi connectivity index (χ0v) is 14.5. The van der Waals surface area contributed by atoms with Crippen LogP contribution >= 0.6 is 11.6 Å². The summed E-state index contributed by atoms with van der Waals surface area (Å²) in [5, 5.41) is 8.82. The lowest BCUT2D eigenvalue weighted by atomic mass is 9.97. The summed E-state index contributed by atoms with van der Waals surface area (Å²) >= 11 is 6.09. The van der Waals surface area contributed by atoms with E-state index < -0.39 is 0 Å². The minimum absolute atomic E-state index is 0.0879. The molecule has 0 bridgehead atoms. The molecule has 1 amide bonds. The van der Waals surface area contributed by atoms with Crippen LogP contribution in [0.1, 0.15) is 36.1 Å². The maximum atomic E-state index is 13.1. The zero-order valence-electron chi connectivity index (χ0n) is 13.8. The molecule has 2 aromatic rings. The number of likely N-dealkylation sites (tertiary alicyclic amines) is 1. The highest BCUT2D eigenvalue weighted by molar-refractivity contribution is 6.30. The molecule has 1 fully saturated rings. The summed E-state index contributed by atoms with van der Waals surface area (Å²) in [6.07, 6.45) is 3.78. The van der Waals surface area contributed by atoms with E-state index in [1.165, 1.54) is 0 Å². The largest absolute Gasteiger partial charge is 0.492 e. The molecule has 2 N–H and O–H groups in total. The quantitative estimate of drug-likeness (QED) is 0.899. The number of rotatable bonds is 3. The van der Waals surface area contributed by atoms with E-state index in [1.807, 2.05) is 27.9 Å². The molecule has 1 aromatic heterocycles. The molecule has 2 atom stereocenters. The molecular formula is C17H20ClN5O2. The predicted molar refractivity (Wildman–Crippen MR) is 92.5 cm³/mol. The third-order valence-electron chi connectivity index (χ3n) is 4.90. The second-order valence-corrected chi connectivity index (χ2v) is 6.96. The lowest BCUT2D eigenvalue weighted by Crippen LogP contribution is -2.43. The van der Waals surface area contributed by atoms with Crippen molar-refractivity contribution in [3.05, 3.63) is 40.7 Å². The molecule has 2 unspecified atom stereocenters. The number of halogens is 1. The fraction of sp³-hybridized carbons (Fsp3) is 0.471. The van der Waals surface area contributed by atoms with Crippen LogP contribution in [0.15, 0.2) is 24.4 Å². The van der Waals surface area contributed by atoms with Gasteiger partial charge in [0.25, 0.3) is 0 Å². The van der Waals surface area contributed by atoms with Crippen molar-refractivity contribution in [2.75, 3.05) is 19.7 Å². The number of hydrogen-bond acceptors (Lipinski definition) is 5. The number of amides is 1. The van der Waals surface area contributed by atoms with Gasteiger partial charge in [-0.1, -0.05) is 16.8 Å². The van der Waals surface area contributed by atoms with Gasteiger partial charge in [-0.2, -0.15) is 0 Å². The first kappa shape index (κ1) is 16.4. The molecule has 25 heavy (non-hydrogen) atoms. The fourth-order valence-corrected chi connectivity index (χ4v) is 3.75. The van der Waals surface area contributed by atoms with Crippen LogP contribution in [0.3, 0.4) is 0 Å². The molecule has 132 valence electrons. The molecule has 7 nitrogen and oxygen atoms in total. The summed E-state index contributed by atoms with van der Waals surface area (Å²) in [6.45, 7) is 2.11. The molecule has 0 saturated carbocycles. The summed E-state index contributed by atoms with van der Waals surface area (Å²) in [5.41, 5.74) is 7.24. The SMILES string of the molecule is NCc1cn(C2CCCN(C(=O)C3COc4ccc(Cl)cc43)C2)nn1. The summed E-state index contributed by atoms with van der Waals surface area (Å²) < 4.78 is 7.49. The summed E-state index contributed by atoms with van der Waals surface area (Å²) in [4.78, 5) is 15.0. The van der Waals surface area contributed by atoms with Gasteiger partial charge < -0.3 is 15.4 Å². The van der Waals surface area contributed by atoms with Gasteiger partial charge in [0.15, 0.2) is 0 Å². The Balaban J connectivity index is 1.50. The van der Waals surface area contributed by atoms with E-state index in [1.54, 1.807) is 6.07 Å². The number of nitrogens with zero attached hydrogens (tertiary/aromatic N) is 4. The van der Waals surface area contributed by atoms with Gasteiger partial charge in [-0.15, -0.1) is 5.10 Å². The van der Waals surface area contributed by atoms with Crippen molar-refractivity contribution in [2.24, 2.45) is 5.73 Å². The van der Waals surface area contributed by atoms with E-state index in [0.717, 1.165) is 36.4 Å². The highest BCUT2D eigenvalue weighted by Crippen LogP contribution is 2.37. The monoisotopic (exact) mass is 361 g/mol. The Labute approximate surface area is 150 Å². The van der Waals surface area contributed by atoms with E-state index in [-0.39, 0.29) is 17.9 Å². The van der Waals surface area contributed by atoms with Gasteiger partial charge >= 0.3 is 0 Å². The van der Waals surface area contributed by atoms with Gasteiger partial charge in [-0.3, -0.25) is 4.79 Å². The predicted octanol–water partition coefficient (Wildman–Crippen LogP) is 1.73. The van der Waals surface area contributed by atoms with Crippen molar-refractivity contribution in [3.63, 3.8) is 0 Å². The van der Waals surface area contributed by atoms with Crippen LogP contribution in [-0.4, -0.2) is 45.5 Å². The van der Waals surface area contributed by atoms with Crippen molar-refractivity contribution in [1.29, 1.82) is 0 Å². The number of carbonyl (C=O) groups excluding carboxylic acids is 1. The Morgan fingerprint density at radius 2 is 2.32 bits per heavy atom. The van der Waals surface area contributed by atoms with Crippen LogP contribution in [0, 0.1) is 0 Å². The fourth-order valence-electron chi connectivity index (χ4n) is 3.57. The lowest BCUT2D eigenvalue weighted by molar-refractivity contribution is -0.134. The summed E-state index contributed by atoms with van der Waals surface area (Å²) in [7, 11) is 0. The smallest absolute Gasteiger partial charge is 0.233 e. The van der Waals surface area contributed by atoms with Crippen LogP contribution in [-0.2, 0) is 11.3 Å². The van der Waals surface area contributed by atoms with E-state index >= 15 is 0 Å². The van der Waals surface area contributed by atoms with Gasteiger partial charge in [0.05, 0.1) is 17.9 Å². The standard InChI is InChI=1S/C17H20ClN5O2/c18-11-3-4-16-14(6-11)15(10-25-16)17(24)22-5-1-2-13(9-22)23-8-12(7-19)20-21-23/h3-4,6,8,13,15H,1-2,5,7,9-10,19H2. The van der Waals surface area contributed by atoms with Gasteiger partial charge in [0.2, 0.25) is 5.91 Å². The van der Waals surface area contributed by atoms with Crippen LogP contribution in [0.4, 0.5) is 0 Å². The van der Waals surface area contributed by atoms with E-state index in [4.69, 9.17) is 22.1 Å². The second kappa shape index (κ2) is 6.65. The molecule has 4 rings (SSSR count). The highest BCUT2D eigenvalue weighted by atomic mass is 35.5. The molecular weight excluding hydrogens is 342 g/mol.